The Kier molecular flexibility index (Phi) is 8.71. The fourth-order valence-corrected chi connectivity index (χ4v) is 4.81. The van der Waals surface area contributed by atoms with E-state index in [1.807, 2.05) is 32.0 Å². The van der Waals surface area contributed by atoms with Crippen LogP contribution in [0.1, 0.15) is 44.6 Å². The van der Waals surface area contributed by atoms with Crippen molar-refractivity contribution in [1.82, 2.24) is 25.0 Å². The molecule has 7 nitrogen and oxygen atoms in total. The molecule has 0 spiro atoms. The van der Waals surface area contributed by atoms with Gasteiger partial charge < -0.3 is 10.2 Å². The number of anilines is 1. The van der Waals surface area contributed by atoms with Crippen LogP contribution >= 0.6 is 0 Å². The van der Waals surface area contributed by atoms with Crippen molar-refractivity contribution in [3.05, 3.63) is 76.1 Å². The summed E-state index contributed by atoms with van der Waals surface area (Å²) in [4.78, 5) is 21.1. The molecule has 1 amide bonds. The number of hydrogen-bond acceptors (Lipinski definition) is 5. The summed E-state index contributed by atoms with van der Waals surface area (Å²) in [5.41, 5.74) is -0.570. The highest BCUT2D eigenvalue weighted by molar-refractivity contribution is 5.95. The smallest absolute Gasteiger partial charge is 0.355 e. The highest BCUT2D eigenvalue weighted by atomic mass is 19.4. The Morgan fingerprint density at radius 2 is 1.70 bits per heavy atom. The van der Waals surface area contributed by atoms with Gasteiger partial charge in [0.05, 0.1) is 11.1 Å². The standard InChI is InChI=1S/C27H30F6N6O/c1-17-4-5-19(10-18(17)2)11-23-15-38(7-3-6-34-25-35-16-36-37-25)8-9-39(23)24(40)20-12-21(26(28,29)30)14-22(13-20)27(31,32)33/h4-5,10,12-14,16,23H,3,6-9,11,15H2,1-2H3,(H2,34,35,36,37)/t23-/m1/s1. The number of carbonyl (C=O) groups excluding carboxylic acids is 1. The van der Waals surface area contributed by atoms with Gasteiger partial charge in [0.15, 0.2) is 0 Å². The number of nitrogens with zero attached hydrogens (tertiary/aromatic N) is 4. The molecule has 1 aliphatic rings. The number of halogens is 6. The number of aromatic amines is 1. The van der Waals surface area contributed by atoms with Gasteiger partial charge in [-0.3, -0.25) is 9.69 Å². The molecular weight excluding hydrogens is 538 g/mol. The van der Waals surface area contributed by atoms with Crippen LogP contribution in [0.3, 0.4) is 0 Å². The van der Waals surface area contributed by atoms with E-state index in [0.29, 0.717) is 50.7 Å². The van der Waals surface area contributed by atoms with Gasteiger partial charge in [-0.2, -0.15) is 31.4 Å². The third-order valence-electron chi connectivity index (χ3n) is 7.06. The Morgan fingerprint density at radius 1 is 1.00 bits per heavy atom. The maximum absolute atomic E-state index is 13.5. The largest absolute Gasteiger partial charge is 0.416 e. The summed E-state index contributed by atoms with van der Waals surface area (Å²) >= 11 is 0. The first-order chi connectivity index (χ1) is 18.8. The lowest BCUT2D eigenvalue weighted by Gasteiger charge is -2.42. The van der Waals surface area contributed by atoms with Gasteiger partial charge >= 0.3 is 12.4 Å². The third kappa shape index (κ3) is 7.32. The molecule has 2 heterocycles. The minimum absolute atomic E-state index is 0.0358. The van der Waals surface area contributed by atoms with Gasteiger partial charge in [-0.1, -0.05) is 18.2 Å². The van der Waals surface area contributed by atoms with E-state index in [0.717, 1.165) is 23.1 Å². The lowest BCUT2D eigenvalue weighted by atomic mass is 9.97. The molecule has 0 saturated carbocycles. The quantitative estimate of drug-likeness (QED) is 0.284. The van der Waals surface area contributed by atoms with Crippen LogP contribution in [0.15, 0.2) is 42.7 Å². The fourth-order valence-electron chi connectivity index (χ4n) is 4.81. The number of piperazine rings is 1. The SMILES string of the molecule is Cc1ccc(C[C@@H]2CN(CCCNc3ncn[nH]3)CCN2C(=O)c2cc(C(F)(F)F)cc(C(F)(F)F)c2)cc1C. The Hall–Kier alpha value is -3.61. The van der Waals surface area contributed by atoms with Gasteiger partial charge in [-0.05, 0) is 68.1 Å². The number of carbonyl (C=O) groups is 1. The van der Waals surface area contributed by atoms with Crippen molar-refractivity contribution >= 4 is 11.9 Å². The van der Waals surface area contributed by atoms with Crippen LogP contribution in [-0.4, -0.2) is 69.7 Å². The predicted molar refractivity (Wildman–Crippen MR) is 137 cm³/mol. The number of amides is 1. The molecule has 13 heteroatoms. The molecule has 40 heavy (non-hydrogen) atoms. The van der Waals surface area contributed by atoms with Crippen molar-refractivity contribution in [1.29, 1.82) is 0 Å². The van der Waals surface area contributed by atoms with Crippen LogP contribution in [-0.2, 0) is 18.8 Å². The monoisotopic (exact) mass is 568 g/mol. The van der Waals surface area contributed by atoms with Crippen LogP contribution in [0, 0.1) is 13.8 Å². The number of aromatic nitrogens is 3. The van der Waals surface area contributed by atoms with Gasteiger partial charge in [0.1, 0.15) is 6.33 Å². The molecule has 0 radical (unpaired) electrons. The molecule has 0 aliphatic carbocycles. The summed E-state index contributed by atoms with van der Waals surface area (Å²) in [6.07, 6.45) is -7.53. The Bertz CT molecular complexity index is 1280. The normalized spacial score (nSPS) is 16.8. The number of nitrogens with one attached hydrogen (secondary N) is 2. The highest BCUT2D eigenvalue weighted by Gasteiger charge is 2.39. The van der Waals surface area contributed by atoms with Gasteiger partial charge in [-0.25, -0.2) is 10.1 Å². The van der Waals surface area contributed by atoms with E-state index in [1.165, 1.54) is 11.2 Å². The van der Waals surface area contributed by atoms with E-state index in [-0.39, 0.29) is 12.6 Å². The molecule has 0 bridgehead atoms. The maximum atomic E-state index is 13.5. The lowest BCUT2D eigenvalue weighted by molar-refractivity contribution is -0.143. The van der Waals surface area contributed by atoms with Gasteiger partial charge in [0.2, 0.25) is 5.95 Å². The molecule has 1 saturated heterocycles. The first-order valence-corrected chi connectivity index (χ1v) is 12.8. The molecule has 0 unspecified atom stereocenters. The molecule has 2 N–H and O–H groups in total. The molecule has 1 aromatic heterocycles. The summed E-state index contributed by atoms with van der Waals surface area (Å²) in [7, 11) is 0. The van der Waals surface area contributed by atoms with Gasteiger partial charge in [0.25, 0.3) is 5.91 Å². The molecule has 216 valence electrons. The van der Waals surface area contributed by atoms with Crippen molar-refractivity contribution in [3.8, 4) is 0 Å². The number of benzene rings is 2. The molecule has 3 aromatic rings. The average molecular weight is 569 g/mol. The predicted octanol–water partition coefficient (Wildman–Crippen LogP) is 5.33. The highest BCUT2D eigenvalue weighted by Crippen LogP contribution is 2.37. The van der Waals surface area contributed by atoms with E-state index in [4.69, 9.17) is 0 Å². The molecule has 2 aromatic carbocycles. The van der Waals surface area contributed by atoms with E-state index < -0.39 is 41.0 Å². The van der Waals surface area contributed by atoms with Crippen LogP contribution in [0.25, 0.3) is 0 Å². The van der Waals surface area contributed by atoms with Crippen molar-refractivity contribution in [2.24, 2.45) is 0 Å². The van der Waals surface area contributed by atoms with E-state index >= 15 is 0 Å². The number of H-pyrrole nitrogens is 1. The first kappa shape index (κ1) is 29.4. The van der Waals surface area contributed by atoms with Crippen LogP contribution in [0.2, 0.25) is 0 Å². The van der Waals surface area contributed by atoms with Crippen LogP contribution in [0.5, 0.6) is 0 Å². The minimum atomic E-state index is -5.03. The second kappa shape index (κ2) is 11.9. The number of rotatable bonds is 8. The van der Waals surface area contributed by atoms with Crippen molar-refractivity contribution in [2.45, 2.75) is 45.1 Å². The summed E-state index contributed by atoms with van der Waals surface area (Å²) in [5, 5.41) is 9.58. The van der Waals surface area contributed by atoms with Crippen molar-refractivity contribution in [3.63, 3.8) is 0 Å². The second-order valence-electron chi connectivity index (χ2n) is 9.98. The number of aryl methyl sites for hydroxylation is 2. The summed E-state index contributed by atoms with van der Waals surface area (Å²) in [6.45, 7) is 6.23. The Balaban J connectivity index is 1.56. The zero-order valence-electron chi connectivity index (χ0n) is 22.0. The zero-order chi connectivity index (χ0) is 29.1. The molecule has 1 fully saturated rings. The fraction of sp³-hybridized carbons (Fsp3) is 0.444. The second-order valence-corrected chi connectivity index (χ2v) is 9.98. The van der Waals surface area contributed by atoms with Crippen molar-refractivity contribution in [2.75, 3.05) is 38.0 Å². The van der Waals surface area contributed by atoms with E-state index in [1.54, 1.807) is 0 Å². The summed E-state index contributed by atoms with van der Waals surface area (Å²) in [5.74, 6) is -0.306. The average Bonchev–Trinajstić information content (AvgIpc) is 3.41. The first-order valence-electron chi connectivity index (χ1n) is 12.8. The zero-order valence-corrected chi connectivity index (χ0v) is 22.0. The summed E-state index contributed by atoms with van der Waals surface area (Å²) in [6, 6.07) is 6.47. The van der Waals surface area contributed by atoms with Crippen molar-refractivity contribution < 1.29 is 31.1 Å². The number of alkyl halides is 6. The Morgan fingerprint density at radius 3 is 2.30 bits per heavy atom. The number of hydrogen-bond donors (Lipinski definition) is 2. The summed E-state index contributed by atoms with van der Waals surface area (Å²) < 4.78 is 80.7. The third-order valence-corrected chi connectivity index (χ3v) is 7.06. The lowest BCUT2D eigenvalue weighted by Crippen LogP contribution is -2.56. The molecule has 4 rings (SSSR count). The van der Waals surface area contributed by atoms with Crippen LogP contribution in [0.4, 0.5) is 32.3 Å². The van der Waals surface area contributed by atoms with Gasteiger partial charge in [-0.15, -0.1) is 0 Å². The molecule has 1 atom stereocenters. The molecule has 1 aliphatic heterocycles. The van der Waals surface area contributed by atoms with Gasteiger partial charge in [0, 0.05) is 37.8 Å². The topological polar surface area (TPSA) is 77.2 Å². The van der Waals surface area contributed by atoms with E-state index in [9.17, 15) is 31.1 Å². The van der Waals surface area contributed by atoms with E-state index in [2.05, 4.69) is 25.4 Å². The minimum Gasteiger partial charge on any atom is -0.355 e. The van der Waals surface area contributed by atoms with Crippen LogP contribution < -0.4 is 5.32 Å². The Labute approximate surface area is 227 Å². The maximum Gasteiger partial charge on any atom is 0.416 e. The molecular formula is C27H30F6N6O.